The van der Waals surface area contributed by atoms with Gasteiger partial charge in [-0.3, -0.25) is 4.90 Å². The minimum Gasteiger partial charge on any atom is -0.314 e. The number of sulfone groups is 1. The molecular weight excluding hydrogens is 314 g/mol. The van der Waals surface area contributed by atoms with Crippen LogP contribution in [0.5, 0.6) is 0 Å². The van der Waals surface area contributed by atoms with Crippen molar-refractivity contribution in [2.24, 2.45) is 0 Å². The summed E-state index contributed by atoms with van der Waals surface area (Å²) < 4.78 is 49.7. The topological polar surface area (TPSA) is 86.8 Å². The van der Waals surface area contributed by atoms with Crippen LogP contribution in [-0.4, -0.2) is 88.1 Å². The predicted octanol–water partition coefficient (Wildman–Crippen LogP) is -1.52. The largest absolute Gasteiger partial charge is 0.314 e. The van der Waals surface area contributed by atoms with Gasteiger partial charge in [0.15, 0.2) is 0 Å². The van der Waals surface area contributed by atoms with Gasteiger partial charge in [0, 0.05) is 45.3 Å². The third-order valence-corrected chi connectivity index (χ3v) is 8.95. The monoisotopic (exact) mass is 337 g/mol. The van der Waals surface area contributed by atoms with Gasteiger partial charge in [-0.1, -0.05) is 0 Å². The third kappa shape index (κ3) is 3.26. The molecular formula is C12H23N3O4S2. The van der Waals surface area contributed by atoms with Crippen molar-refractivity contribution < 1.29 is 16.8 Å². The minimum absolute atomic E-state index is 0.00457. The molecule has 0 aromatic carbocycles. The van der Waals surface area contributed by atoms with E-state index in [2.05, 4.69) is 10.2 Å². The molecule has 1 N–H and O–H groups in total. The summed E-state index contributed by atoms with van der Waals surface area (Å²) in [6.45, 7) is 4.60. The van der Waals surface area contributed by atoms with Crippen molar-refractivity contribution in [3.8, 4) is 0 Å². The Morgan fingerprint density at radius 1 is 0.952 bits per heavy atom. The smallest absolute Gasteiger partial charge is 0.217 e. The van der Waals surface area contributed by atoms with Crippen molar-refractivity contribution >= 4 is 19.9 Å². The van der Waals surface area contributed by atoms with Crippen LogP contribution in [0.2, 0.25) is 0 Å². The average Bonchev–Trinajstić information content (AvgIpc) is 2.37. The summed E-state index contributed by atoms with van der Waals surface area (Å²) in [6.07, 6.45) is 0.495. The van der Waals surface area contributed by atoms with Crippen LogP contribution >= 0.6 is 0 Å². The maximum Gasteiger partial charge on any atom is 0.217 e. The Balaban J connectivity index is 1.58. The van der Waals surface area contributed by atoms with Crippen LogP contribution in [0.4, 0.5) is 0 Å². The second kappa shape index (κ2) is 5.77. The molecule has 0 aromatic rings. The molecule has 0 spiro atoms. The summed E-state index contributed by atoms with van der Waals surface area (Å²) in [5.41, 5.74) is 0. The van der Waals surface area contributed by atoms with Gasteiger partial charge >= 0.3 is 0 Å². The Hall–Kier alpha value is -0.220. The summed E-state index contributed by atoms with van der Waals surface area (Å²) in [5, 5.41) is 2.71. The number of piperazine rings is 1. The van der Waals surface area contributed by atoms with Gasteiger partial charge in [-0.05, 0) is 12.8 Å². The van der Waals surface area contributed by atoms with E-state index in [0.717, 1.165) is 26.2 Å². The average molecular weight is 337 g/mol. The van der Waals surface area contributed by atoms with E-state index in [4.69, 9.17) is 0 Å². The Morgan fingerprint density at radius 3 is 2.00 bits per heavy atom. The highest BCUT2D eigenvalue weighted by Gasteiger charge is 2.38. The summed E-state index contributed by atoms with van der Waals surface area (Å²) in [4.78, 5) is 2.34. The molecule has 122 valence electrons. The summed E-state index contributed by atoms with van der Waals surface area (Å²) in [6, 6.07) is 0.551. The first-order valence-corrected chi connectivity index (χ1v) is 10.9. The van der Waals surface area contributed by atoms with Gasteiger partial charge < -0.3 is 5.32 Å². The van der Waals surface area contributed by atoms with Crippen LogP contribution in [0.15, 0.2) is 0 Å². The lowest BCUT2D eigenvalue weighted by molar-refractivity contribution is 0.103. The molecule has 9 heteroatoms. The molecule has 3 heterocycles. The molecule has 0 radical (unpaired) electrons. The van der Waals surface area contributed by atoms with Crippen molar-refractivity contribution in [1.82, 2.24) is 14.5 Å². The van der Waals surface area contributed by atoms with Crippen molar-refractivity contribution in [3.63, 3.8) is 0 Å². The molecule has 0 amide bonds. The maximum atomic E-state index is 12.6. The molecule has 3 saturated heterocycles. The van der Waals surface area contributed by atoms with E-state index in [0.29, 0.717) is 19.1 Å². The molecule has 3 aliphatic heterocycles. The van der Waals surface area contributed by atoms with Crippen molar-refractivity contribution in [2.75, 3.05) is 50.8 Å². The van der Waals surface area contributed by atoms with Crippen LogP contribution in [0.3, 0.4) is 0 Å². The highest BCUT2D eigenvalue weighted by Crippen LogP contribution is 2.24. The van der Waals surface area contributed by atoms with Gasteiger partial charge in [0.05, 0.1) is 16.8 Å². The van der Waals surface area contributed by atoms with Gasteiger partial charge in [0.1, 0.15) is 9.84 Å². The van der Waals surface area contributed by atoms with Gasteiger partial charge in [-0.25, -0.2) is 16.8 Å². The normalized spacial score (nSPS) is 30.1. The lowest BCUT2D eigenvalue weighted by Crippen LogP contribution is -2.62. The van der Waals surface area contributed by atoms with Crippen molar-refractivity contribution in [2.45, 2.75) is 24.1 Å². The fourth-order valence-electron chi connectivity index (χ4n) is 3.23. The van der Waals surface area contributed by atoms with E-state index in [9.17, 15) is 16.8 Å². The molecule has 3 fully saturated rings. The Morgan fingerprint density at radius 2 is 1.52 bits per heavy atom. The molecule has 0 bridgehead atoms. The molecule has 0 atom stereocenters. The molecule has 21 heavy (non-hydrogen) atoms. The first-order chi connectivity index (χ1) is 9.88. The lowest BCUT2D eigenvalue weighted by atomic mass is 10.1. The van der Waals surface area contributed by atoms with Crippen LogP contribution < -0.4 is 5.32 Å². The Kier molecular flexibility index (Phi) is 4.30. The van der Waals surface area contributed by atoms with Crippen LogP contribution in [0.1, 0.15) is 12.8 Å². The lowest BCUT2D eigenvalue weighted by Gasteiger charge is -2.43. The van der Waals surface area contributed by atoms with Crippen molar-refractivity contribution in [3.05, 3.63) is 0 Å². The molecule has 0 unspecified atom stereocenters. The van der Waals surface area contributed by atoms with E-state index in [1.807, 2.05) is 0 Å². The van der Waals surface area contributed by atoms with Crippen LogP contribution in [-0.2, 0) is 19.9 Å². The van der Waals surface area contributed by atoms with E-state index < -0.39 is 25.1 Å². The SMILES string of the molecule is O=S1(=O)CCC(S(=O)(=O)N2CCN(C3CNC3)CC2)CC1. The third-order valence-electron chi connectivity index (χ3n) is 4.83. The van der Waals surface area contributed by atoms with E-state index in [-0.39, 0.29) is 24.3 Å². The summed E-state index contributed by atoms with van der Waals surface area (Å²) >= 11 is 0. The standard InChI is InChI=1S/C12H23N3O4S2/c16-20(17)7-1-12(2-8-20)21(18,19)15-5-3-14(4-6-15)11-9-13-10-11/h11-13H,1-10H2. The quantitative estimate of drug-likeness (QED) is 0.673. The molecule has 7 nitrogen and oxygen atoms in total. The molecule has 3 rings (SSSR count). The summed E-state index contributed by atoms with van der Waals surface area (Å²) in [5.74, 6) is 0.00914. The number of nitrogens with zero attached hydrogens (tertiary/aromatic N) is 2. The Bertz CT molecular complexity index is 564. The van der Waals surface area contributed by atoms with E-state index >= 15 is 0 Å². The van der Waals surface area contributed by atoms with Gasteiger partial charge in [0.25, 0.3) is 0 Å². The molecule has 3 aliphatic rings. The zero-order valence-corrected chi connectivity index (χ0v) is 13.7. The number of sulfonamides is 1. The maximum absolute atomic E-state index is 12.6. The second-order valence-corrected chi connectivity index (χ2v) is 10.7. The van der Waals surface area contributed by atoms with Gasteiger partial charge in [-0.2, -0.15) is 4.31 Å². The number of rotatable bonds is 3. The van der Waals surface area contributed by atoms with Crippen LogP contribution in [0.25, 0.3) is 0 Å². The number of hydrogen-bond acceptors (Lipinski definition) is 6. The predicted molar refractivity (Wildman–Crippen MR) is 80.4 cm³/mol. The summed E-state index contributed by atoms with van der Waals surface area (Å²) in [7, 11) is -6.37. The molecule has 0 aromatic heterocycles. The second-order valence-electron chi connectivity index (χ2n) is 6.14. The highest BCUT2D eigenvalue weighted by molar-refractivity contribution is 7.92. The van der Waals surface area contributed by atoms with E-state index in [1.54, 1.807) is 4.31 Å². The van der Waals surface area contributed by atoms with Gasteiger partial charge in [-0.15, -0.1) is 0 Å². The van der Waals surface area contributed by atoms with Crippen LogP contribution in [0, 0.1) is 0 Å². The first-order valence-electron chi connectivity index (χ1n) is 7.53. The zero-order valence-electron chi connectivity index (χ0n) is 12.1. The number of nitrogens with one attached hydrogen (secondary N) is 1. The molecule has 0 saturated carbocycles. The fraction of sp³-hybridized carbons (Fsp3) is 1.00. The van der Waals surface area contributed by atoms with Crippen molar-refractivity contribution in [1.29, 1.82) is 0 Å². The first kappa shape index (κ1) is 15.7. The highest BCUT2D eigenvalue weighted by atomic mass is 32.2. The molecule has 0 aliphatic carbocycles. The zero-order chi connectivity index (χ0) is 15.1. The minimum atomic E-state index is -3.35. The fourth-order valence-corrected chi connectivity index (χ4v) is 6.95. The number of hydrogen-bond donors (Lipinski definition) is 1. The van der Waals surface area contributed by atoms with E-state index in [1.165, 1.54) is 0 Å². The van der Waals surface area contributed by atoms with Gasteiger partial charge in [0.2, 0.25) is 10.0 Å². The Labute approximate surface area is 126 Å².